The fourth-order valence-electron chi connectivity index (χ4n) is 4.31. The minimum absolute atomic E-state index is 0.182. The first-order valence-electron chi connectivity index (χ1n) is 10.1. The van der Waals surface area contributed by atoms with Gasteiger partial charge in [0.2, 0.25) is 11.7 Å². The van der Waals surface area contributed by atoms with E-state index in [0.717, 1.165) is 11.3 Å². The van der Waals surface area contributed by atoms with Gasteiger partial charge in [-0.2, -0.15) is 4.99 Å². The summed E-state index contributed by atoms with van der Waals surface area (Å²) < 4.78 is 21.5. The molecule has 0 radical (unpaired) electrons. The number of hydrogen-bond donors (Lipinski definition) is 0. The molecule has 32 heavy (non-hydrogen) atoms. The molecule has 168 valence electrons. The molecule has 9 nitrogen and oxygen atoms in total. The van der Waals surface area contributed by atoms with Gasteiger partial charge in [-0.3, -0.25) is 9.69 Å². The van der Waals surface area contributed by atoms with Gasteiger partial charge < -0.3 is 23.8 Å². The first kappa shape index (κ1) is 21.5. The third-order valence-electron chi connectivity index (χ3n) is 5.90. The minimum Gasteiger partial charge on any atom is -0.497 e. The number of likely N-dealkylation sites (N-methyl/N-ethyl adjacent to an activating group) is 1. The summed E-state index contributed by atoms with van der Waals surface area (Å²) in [4.78, 5) is 33.2. The van der Waals surface area contributed by atoms with Crippen LogP contribution in [0.3, 0.4) is 0 Å². The van der Waals surface area contributed by atoms with E-state index >= 15 is 0 Å². The molecule has 0 aromatic heterocycles. The summed E-state index contributed by atoms with van der Waals surface area (Å²) in [5.41, 5.74) is 1.42. The molecule has 0 N–H and O–H groups in total. The maximum Gasteiger partial charge on any atom is 0.345 e. The zero-order valence-electron chi connectivity index (χ0n) is 18.6. The summed E-state index contributed by atoms with van der Waals surface area (Å²) in [5.74, 6) is 1.91. The summed E-state index contributed by atoms with van der Waals surface area (Å²) in [6, 6.07) is 10.1. The van der Waals surface area contributed by atoms with Gasteiger partial charge in [0, 0.05) is 31.5 Å². The normalized spacial score (nSPS) is 20.1. The highest BCUT2D eigenvalue weighted by molar-refractivity contribution is 6.25. The zero-order chi connectivity index (χ0) is 23.0. The molecule has 2 aliphatic rings. The predicted molar refractivity (Wildman–Crippen MR) is 118 cm³/mol. The number of fused-ring (bicyclic) bond motifs is 1. The number of benzene rings is 2. The number of aliphatic imine (C=N–C) groups is 1. The highest BCUT2D eigenvalue weighted by atomic mass is 16.5. The van der Waals surface area contributed by atoms with Crippen molar-refractivity contribution in [1.82, 2.24) is 4.90 Å². The average molecular weight is 439 g/mol. The van der Waals surface area contributed by atoms with Crippen molar-refractivity contribution < 1.29 is 28.5 Å². The summed E-state index contributed by atoms with van der Waals surface area (Å²) in [6.07, 6.45) is 0.199. The first-order chi connectivity index (χ1) is 15.4. The first-order valence-corrected chi connectivity index (χ1v) is 10.1. The number of carbonyl (C=O) groups is 2. The number of urea groups is 1. The van der Waals surface area contributed by atoms with Crippen molar-refractivity contribution in [2.75, 3.05) is 40.4 Å². The van der Waals surface area contributed by atoms with E-state index in [2.05, 4.69) is 4.99 Å². The van der Waals surface area contributed by atoms with E-state index in [4.69, 9.17) is 18.9 Å². The van der Waals surface area contributed by atoms with Crippen LogP contribution in [0.25, 0.3) is 0 Å². The second-order valence-corrected chi connectivity index (χ2v) is 7.50. The van der Waals surface area contributed by atoms with E-state index in [1.54, 1.807) is 31.2 Å². The van der Waals surface area contributed by atoms with Gasteiger partial charge in [-0.25, -0.2) is 4.79 Å². The molecule has 2 atom stereocenters. The Morgan fingerprint density at radius 1 is 0.906 bits per heavy atom. The third kappa shape index (κ3) is 3.39. The Hall–Kier alpha value is -3.75. The second kappa shape index (κ2) is 8.41. The van der Waals surface area contributed by atoms with Crippen LogP contribution in [0.4, 0.5) is 10.5 Å². The number of ether oxygens (including phenoxy) is 4. The third-order valence-corrected chi connectivity index (χ3v) is 5.90. The minimum atomic E-state index is -0.396. The Kier molecular flexibility index (Phi) is 5.65. The lowest BCUT2D eigenvalue weighted by Gasteiger charge is -2.39. The quantitative estimate of drug-likeness (QED) is 0.687. The second-order valence-electron chi connectivity index (χ2n) is 7.50. The summed E-state index contributed by atoms with van der Waals surface area (Å²) >= 11 is 0. The molecular weight excluding hydrogens is 414 g/mol. The topological polar surface area (TPSA) is 89.9 Å². The van der Waals surface area contributed by atoms with Crippen LogP contribution < -0.4 is 23.8 Å². The van der Waals surface area contributed by atoms with Gasteiger partial charge in [-0.15, -0.1) is 0 Å². The SMILES string of the molecule is COc1ccc([C@@H]2CC(=O)N(c3cc(OC)c(OC)c(OC)c3)C3=NC(=O)N(C)[C@@H]32)cc1. The van der Waals surface area contributed by atoms with Gasteiger partial charge in [-0.05, 0) is 17.7 Å². The van der Waals surface area contributed by atoms with E-state index in [1.807, 2.05) is 24.3 Å². The molecule has 0 unspecified atom stereocenters. The van der Waals surface area contributed by atoms with Crippen molar-refractivity contribution in [2.45, 2.75) is 18.4 Å². The molecule has 1 saturated heterocycles. The molecule has 2 aliphatic heterocycles. The van der Waals surface area contributed by atoms with E-state index < -0.39 is 12.1 Å². The molecule has 9 heteroatoms. The van der Waals surface area contributed by atoms with Gasteiger partial charge in [0.15, 0.2) is 11.5 Å². The van der Waals surface area contributed by atoms with Crippen LogP contribution in [0.5, 0.6) is 23.0 Å². The smallest absolute Gasteiger partial charge is 0.345 e. The fraction of sp³-hybridized carbons (Fsp3) is 0.348. The van der Waals surface area contributed by atoms with Crippen LogP contribution in [0, 0.1) is 0 Å². The van der Waals surface area contributed by atoms with Crippen LogP contribution in [-0.4, -0.2) is 64.2 Å². The highest BCUT2D eigenvalue weighted by Gasteiger charge is 2.48. The van der Waals surface area contributed by atoms with Crippen LogP contribution in [0.2, 0.25) is 0 Å². The molecule has 2 aromatic rings. The van der Waals surface area contributed by atoms with Gasteiger partial charge in [-0.1, -0.05) is 12.1 Å². The van der Waals surface area contributed by atoms with Crippen LogP contribution in [-0.2, 0) is 4.79 Å². The predicted octanol–water partition coefficient (Wildman–Crippen LogP) is 3.07. The number of anilines is 1. The number of rotatable bonds is 6. The molecule has 2 aromatic carbocycles. The van der Waals surface area contributed by atoms with Crippen molar-refractivity contribution in [3.8, 4) is 23.0 Å². The Labute approximate surface area is 186 Å². The number of amidine groups is 1. The van der Waals surface area contributed by atoms with Crippen molar-refractivity contribution in [2.24, 2.45) is 4.99 Å². The molecule has 2 heterocycles. The Morgan fingerprint density at radius 2 is 1.53 bits per heavy atom. The molecule has 0 aliphatic carbocycles. The number of nitrogens with zero attached hydrogens (tertiary/aromatic N) is 3. The molecular formula is C23H25N3O6. The standard InChI is InChI=1S/C23H25N3O6/c1-25-20-16(13-6-8-15(29-2)9-7-13)12-19(27)26(22(20)24-23(25)28)14-10-17(30-3)21(32-5)18(11-14)31-4/h6-11,16,20H,12H2,1-5H3/t16-,20+/m0/s1. The van der Waals surface area contributed by atoms with E-state index in [1.165, 1.54) is 26.2 Å². The van der Waals surface area contributed by atoms with Gasteiger partial charge in [0.1, 0.15) is 11.6 Å². The summed E-state index contributed by atoms with van der Waals surface area (Å²) in [6.45, 7) is 0. The van der Waals surface area contributed by atoms with Gasteiger partial charge >= 0.3 is 6.03 Å². The van der Waals surface area contributed by atoms with Crippen molar-refractivity contribution >= 4 is 23.5 Å². The Balaban J connectivity index is 1.79. The lowest BCUT2D eigenvalue weighted by atomic mass is 9.83. The highest BCUT2D eigenvalue weighted by Crippen LogP contribution is 2.44. The maximum atomic E-state index is 13.4. The van der Waals surface area contributed by atoms with E-state index in [0.29, 0.717) is 28.8 Å². The maximum absolute atomic E-state index is 13.4. The summed E-state index contributed by atoms with van der Waals surface area (Å²) in [7, 11) is 7.82. The lowest BCUT2D eigenvalue weighted by molar-refractivity contribution is -0.118. The van der Waals surface area contributed by atoms with Crippen LogP contribution >= 0.6 is 0 Å². The van der Waals surface area contributed by atoms with Crippen LogP contribution in [0.15, 0.2) is 41.4 Å². The number of amides is 3. The molecule has 0 saturated carbocycles. The Morgan fingerprint density at radius 3 is 2.06 bits per heavy atom. The van der Waals surface area contributed by atoms with E-state index in [9.17, 15) is 9.59 Å². The lowest BCUT2D eigenvalue weighted by Crippen LogP contribution is -2.54. The fourth-order valence-corrected chi connectivity index (χ4v) is 4.31. The number of piperidine rings is 1. The van der Waals surface area contributed by atoms with Crippen molar-refractivity contribution in [1.29, 1.82) is 0 Å². The van der Waals surface area contributed by atoms with Gasteiger partial charge in [0.05, 0.1) is 40.2 Å². The zero-order valence-corrected chi connectivity index (χ0v) is 18.6. The monoisotopic (exact) mass is 439 g/mol. The molecule has 0 spiro atoms. The number of hydrogen-bond acceptors (Lipinski definition) is 6. The van der Waals surface area contributed by atoms with Gasteiger partial charge in [0.25, 0.3) is 0 Å². The van der Waals surface area contributed by atoms with Crippen molar-refractivity contribution in [3.05, 3.63) is 42.0 Å². The van der Waals surface area contributed by atoms with E-state index in [-0.39, 0.29) is 18.2 Å². The molecule has 4 rings (SSSR count). The average Bonchev–Trinajstić information content (AvgIpc) is 3.11. The summed E-state index contributed by atoms with van der Waals surface area (Å²) in [5, 5.41) is 0. The largest absolute Gasteiger partial charge is 0.497 e. The molecule has 3 amide bonds. The van der Waals surface area contributed by atoms with Crippen molar-refractivity contribution in [3.63, 3.8) is 0 Å². The molecule has 1 fully saturated rings. The molecule has 0 bridgehead atoms. The van der Waals surface area contributed by atoms with Crippen LogP contribution in [0.1, 0.15) is 17.9 Å². The number of carbonyl (C=O) groups excluding carboxylic acids is 2. The number of methoxy groups -OCH3 is 4. The Bertz CT molecular complexity index is 1060.